The van der Waals surface area contributed by atoms with Gasteiger partial charge in [-0.25, -0.2) is 0 Å². The molecule has 0 fully saturated rings. The molecule has 0 bridgehead atoms. The van der Waals surface area contributed by atoms with Crippen molar-refractivity contribution in [3.05, 3.63) is 223 Å². The Hall–Kier alpha value is -7.79. The van der Waals surface area contributed by atoms with Gasteiger partial charge in [0, 0.05) is 54.2 Å². The van der Waals surface area contributed by atoms with E-state index in [1.165, 1.54) is 70.8 Å². The quantitative estimate of drug-likeness (QED) is 0.169. The van der Waals surface area contributed by atoms with Crippen LogP contribution in [0.5, 0.6) is 0 Å². The lowest BCUT2D eigenvalue weighted by Gasteiger charge is -2.16. The van der Waals surface area contributed by atoms with Gasteiger partial charge in [-0.3, -0.25) is 4.98 Å². The predicted molar refractivity (Wildman–Crippen MR) is 269 cm³/mol. The molecular formula is C59H36BrN3. The molecule has 3 heterocycles. The van der Waals surface area contributed by atoms with Gasteiger partial charge in [0.2, 0.25) is 0 Å². The van der Waals surface area contributed by atoms with Crippen molar-refractivity contribution in [2.24, 2.45) is 0 Å². The van der Waals surface area contributed by atoms with Crippen LogP contribution in [-0.2, 0) is 0 Å². The Bertz CT molecular complexity index is 3980. The average Bonchev–Trinajstić information content (AvgIpc) is 3.86. The molecular weight excluding hydrogens is 831 g/mol. The highest BCUT2D eigenvalue weighted by Crippen LogP contribution is 2.46. The van der Waals surface area contributed by atoms with Crippen molar-refractivity contribution in [2.75, 3.05) is 0 Å². The molecule has 0 atom stereocenters. The number of pyridine rings is 1. The van der Waals surface area contributed by atoms with Crippen LogP contribution in [0.2, 0.25) is 0 Å². The Balaban J connectivity index is 1.15. The maximum Gasteiger partial charge on any atom is 0.0723 e. The lowest BCUT2D eigenvalue weighted by atomic mass is 9.91. The van der Waals surface area contributed by atoms with Gasteiger partial charge in [-0.2, -0.15) is 0 Å². The Morgan fingerprint density at radius 3 is 1.94 bits per heavy atom. The molecule has 4 heteroatoms. The van der Waals surface area contributed by atoms with Crippen LogP contribution in [0.4, 0.5) is 0 Å². The summed E-state index contributed by atoms with van der Waals surface area (Å²) in [4.78, 5) is 4.78. The first kappa shape index (κ1) is 35.9. The van der Waals surface area contributed by atoms with E-state index < -0.39 is 0 Å². The SMILES string of the molecule is Brc1cccc(-c2cc(-c3cccc4c3c3ccc5ccccc5c3n4-c3cccc4ncccc34)cc(-c3cccc4c5cc6ccccc6cc5n(-c5ccccc5)c34)c2)c1. The van der Waals surface area contributed by atoms with E-state index in [1.807, 2.05) is 12.3 Å². The van der Waals surface area contributed by atoms with Crippen LogP contribution < -0.4 is 0 Å². The zero-order chi connectivity index (χ0) is 41.6. The molecule has 0 spiro atoms. The van der Waals surface area contributed by atoms with Gasteiger partial charge in [0.25, 0.3) is 0 Å². The number of hydrogen-bond donors (Lipinski definition) is 0. The van der Waals surface area contributed by atoms with Crippen LogP contribution >= 0.6 is 15.9 Å². The lowest BCUT2D eigenvalue weighted by molar-refractivity contribution is 1.18. The molecule has 0 N–H and O–H groups in total. The number of nitrogens with zero attached hydrogens (tertiary/aromatic N) is 3. The number of rotatable bonds is 5. The average molecular weight is 867 g/mol. The zero-order valence-electron chi connectivity index (χ0n) is 34.0. The van der Waals surface area contributed by atoms with Crippen molar-refractivity contribution in [3.63, 3.8) is 0 Å². The number of aromatic nitrogens is 3. The van der Waals surface area contributed by atoms with Crippen LogP contribution in [0.15, 0.2) is 223 Å². The summed E-state index contributed by atoms with van der Waals surface area (Å²) in [5.74, 6) is 0. The molecule has 0 unspecified atom stereocenters. The Morgan fingerprint density at radius 1 is 0.365 bits per heavy atom. The van der Waals surface area contributed by atoms with Crippen molar-refractivity contribution in [1.82, 2.24) is 14.1 Å². The van der Waals surface area contributed by atoms with E-state index in [9.17, 15) is 0 Å². The van der Waals surface area contributed by atoms with Crippen LogP contribution in [0.25, 0.3) is 121 Å². The molecule has 0 aliphatic rings. The van der Waals surface area contributed by atoms with E-state index in [1.54, 1.807) is 0 Å². The van der Waals surface area contributed by atoms with Gasteiger partial charge in [0.15, 0.2) is 0 Å². The molecule has 0 aliphatic carbocycles. The summed E-state index contributed by atoms with van der Waals surface area (Å²) in [7, 11) is 0. The Morgan fingerprint density at radius 2 is 1.06 bits per heavy atom. The molecule has 63 heavy (non-hydrogen) atoms. The van der Waals surface area contributed by atoms with Gasteiger partial charge in [0.1, 0.15) is 0 Å². The van der Waals surface area contributed by atoms with Crippen LogP contribution in [0.1, 0.15) is 0 Å². The van der Waals surface area contributed by atoms with E-state index in [4.69, 9.17) is 4.98 Å². The maximum absolute atomic E-state index is 4.78. The number of benzene rings is 10. The Labute approximate surface area is 371 Å². The highest BCUT2D eigenvalue weighted by atomic mass is 79.9. The van der Waals surface area contributed by atoms with Crippen LogP contribution in [0.3, 0.4) is 0 Å². The number of fused-ring (bicyclic) bond motifs is 10. The van der Waals surface area contributed by atoms with Crippen molar-refractivity contribution < 1.29 is 0 Å². The molecule has 13 aromatic rings. The fourth-order valence-electron chi connectivity index (χ4n) is 10.2. The van der Waals surface area contributed by atoms with Crippen LogP contribution in [0, 0.1) is 0 Å². The zero-order valence-corrected chi connectivity index (χ0v) is 35.6. The summed E-state index contributed by atoms with van der Waals surface area (Å²) in [5, 5.41) is 10.9. The van der Waals surface area contributed by atoms with Gasteiger partial charge in [-0.15, -0.1) is 0 Å². The summed E-state index contributed by atoms with van der Waals surface area (Å²) in [6.07, 6.45) is 1.88. The van der Waals surface area contributed by atoms with Crippen molar-refractivity contribution >= 4 is 92.0 Å². The number of hydrogen-bond acceptors (Lipinski definition) is 1. The first-order chi connectivity index (χ1) is 31.2. The van der Waals surface area contributed by atoms with Crippen molar-refractivity contribution in [1.29, 1.82) is 0 Å². The summed E-state index contributed by atoms with van der Waals surface area (Å²) >= 11 is 3.80. The minimum Gasteiger partial charge on any atom is -0.309 e. The molecule has 0 saturated carbocycles. The normalized spacial score (nSPS) is 11.9. The topological polar surface area (TPSA) is 22.8 Å². The fourth-order valence-corrected chi connectivity index (χ4v) is 10.6. The second-order valence-electron chi connectivity index (χ2n) is 16.5. The standard InChI is InChI=1S/C59H36BrN3/c60-44-17-8-16-38(34-44)41-31-42(33-43(32-41)48-22-9-23-49-52-35-39-14-4-5-15-40(39)36-56(52)62(58(48)49)45-18-2-1-3-19-45)46-21-10-27-55-57(46)51-29-28-37-13-6-7-20-47(37)59(51)63(55)54-26-11-25-53-50(54)24-12-30-61-53/h1-36H. The molecule has 0 saturated heterocycles. The third kappa shape index (κ3) is 5.62. The van der Waals surface area contributed by atoms with Gasteiger partial charge in [0.05, 0.1) is 33.3 Å². The molecule has 13 rings (SSSR count). The monoisotopic (exact) mass is 865 g/mol. The van der Waals surface area contributed by atoms with E-state index in [0.29, 0.717) is 0 Å². The smallest absolute Gasteiger partial charge is 0.0723 e. The molecule has 3 aromatic heterocycles. The predicted octanol–water partition coefficient (Wildman–Crippen LogP) is 16.5. The summed E-state index contributed by atoms with van der Waals surface area (Å²) in [6, 6.07) is 77.8. The summed E-state index contributed by atoms with van der Waals surface area (Å²) in [6.45, 7) is 0. The second-order valence-corrected chi connectivity index (χ2v) is 17.4. The molecule has 10 aromatic carbocycles. The van der Waals surface area contributed by atoms with E-state index in [-0.39, 0.29) is 0 Å². The minimum atomic E-state index is 0.975. The molecule has 3 nitrogen and oxygen atoms in total. The van der Waals surface area contributed by atoms with E-state index in [2.05, 4.69) is 231 Å². The second kappa shape index (κ2) is 14.1. The highest BCUT2D eigenvalue weighted by Gasteiger charge is 2.22. The summed E-state index contributed by atoms with van der Waals surface area (Å²) in [5.41, 5.74) is 14.9. The Kier molecular flexibility index (Phi) is 8.06. The minimum absolute atomic E-state index is 0.975. The molecule has 0 radical (unpaired) electrons. The molecule has 0 amide bonds. The molecule has 0 aliphatic heterocycles. The highest BCUT2D eigenvalue weighted by molar-refractivity contribution is 9.10. The lowest BCUT2D eigenvalue weighted by Crippen LogP contribution is -1.96. The number of halogens is 1. The molecule has 294 valence electrons. The fraction of sp³-hybridized carbons (Fsp3) is 0. The van der Waals surface area contributed by atoms with E-state index in [0.717, 1.165) is 54.5 Å². The van der Waals surface area contributed by atoms with Crippen LogP contribution in [-0.4, -0.2) is 14.1 Å². The van der Waals surface area contributed by atoms with Gasteiger partial charge >= 0.3 is 0 Å². The van der Waals surface area contributed by atoms with Crippen molar-refractivity contribution in [2.45, 2.75) is 0 Å². The maximum atomic E-state index is 4.78. The van der Waals surface area contributed by atoms with E-state index >= 15 is 0 Å². The first-order valence-corrected chi connectivity index (χ1v) is 22.2. The van der Waals surface area contributed by atoms with Gasteiger partial charge in [-0.1, -0.05) is 143 Å². The first-order valence-electron chi connectivity index (χ1n) is 21.4. The van der Waals surface area contributed by atoms with Crippen molar-refractivity contribution in [3.8, 4) is 44.8 Å². The number of para-hydroxylation sites is 2. The largest absolute Gasteiger partial charge is 0.309 e. The third-order valence-corrected chi connectivity index (χ3v) is 13.4. The van der Waals surface area contributed by atoms with Gasteiger partial charge < -0.3 is 9.13 Å². The summed E-state index contributed by atoms with van der Waals surface area (Å²) < 4.78 is 5.99. The third-order valence-electron chi connectivity index (χ3n) is 12.9. The van der Waals surface area contributed by atoms with Gasteiger partial charge in [-0.05, 0) is 129 Å².